The molecule has 2 N–H and O–H groups in total. The first-order valence-corrected chi connectivity index (χ1v) is 4.18. The maximum atomic E-state index is 8.87. The second kappa shape index (κ2) is 3.94. The largest absolute Gasteiger partial charge is 0.392 e. The van der Waals surface area contributed by atoms with Gasteiger partial charge in [-0.1, -0.05) is 12.8 Å². The van der Waals surface area contributed by atoms with Gasteiger partial charge in [0, 0.05) is 6.54 Å². The lowest BCUT2D eigenvalue weighted by molar-refractivity contribution is 0.191. The van der Waals surface area contributed by atoms with Gasteiger partial charge in [-0.15, -0.1) is 0 Å². The van der Waals surface area contributed by atoms with Crippen LogP contribution >= 0.6 is 0 Å². The smallest absolute Gasteiger partial charge is 0.0636 e. The molecule has 0 spiro atoms. The van der Waals surface area contributed by atoms with Crippen LogP contribution in [0.4, 0.5) is 0 Å². The van der Waals surface area contributed by atoms with E-state index in [1.165, 1.54) is 19.3 Å². The summed E-state index contributed by atoms with van der Waals surface area (Å²) in [6.07, 6.45) is 3.96. The summed E-state index contributed by atoms with van der Waals surface area (Å²) in [6.45, 7) is 3.63. The Morgan fingerprint density at radius 2 is 2.30 bits per heavy atom. The predicted molar refractivity (Wildman–Crippen MR) is 41.9 cm³/mol. The van der Waals surface area contributed by atoms with Gasteiger partial charge in [-0.05, 0) is 25.8 Å². The SMILES string of the molecule is CC(O)CNCCC1CC1. The van der Waals surface area contributed by atoms with E-state index in [1.54, 1.807) is 0 Å². The van der Waals surface area contributed by atoms with E-state index in [-0.39, 0.29) is 6.10 Å². The summed E-state index contributed by atoms with van der Waals surface area (Å²) in [5.74, 6) is 1.00. The highest BCUT2D eigenvalue weighted by atomic mass is 16.3. The van der Waals surface area contributed by atoms with Crippen molar-refractivity contribution in [2.75, 3.05) is 13.1 Å². The maximum absolute atomic E-state index is 8.87. The van der Waals surface area contributed by atoms with E-state index < -0.39 is 0 Å². The van der Waals surface area contributed by atoms with Crippen molar-refractivity contribution in [2.24, 2.45) is 5.92 Å². The monoisotopic (exact) mass is 143 g/mol. The van der Waals surface area contributed by atoms with Gasteiger partial charge >= 0.3 is 0 Å². The number of hydrogen-bond donors (Lipinski definition) is 2. The van der Waals surface area contributed by atoms with E-state index in [2.05, 4.69) is 5.32 Å². The molecule has 2 heteroatoms. The molecular formula is C8H17NO. The quantitative estimate of drug-likeness (QED) is 0.557. The highest BCUT2D eigenvalue weighted by molar-refractivity contribution is 4.73. The van der Waals surface area contributed by atoms with Crippen LogP contribution in [0.1, 0.15) is 26.2 Å². The molecule has 1 fully saturated rings. The van der Waals surface area contributed by atoms with Gasteiger partial charge in [0.05, 0.1) is 6.10 Å². The third kappa shape index (κ3) is 3.85. The van der Waals surface area contributed by atoms with Crippen LogP contribution in [0, 0.1) is 5.92 Å². The number of nitrogens with one attached hydrogen (secondary N) is 1. The first-order chi connectivity index (χ1) is 4.79. The first-order valence-electron chi connectivity index (χ1n) is 4.18. The van der Waals surface area contributed by atoms with Crippen LogP contribution in [0.2, 0.25) is 0 Å². The average Bonchev–Trinajstić information content (AvgIpc) is 2.62. The topological polar surface area (TPSA) is 32.3 Å². The summed E-state index contributed by atoms with van der Waals surface area (Å²) in [6, 6.07) is 0. The first kappa shape index (κ1) is 8.02. The van der Waals surface area contributed by atoms with Crippen molar-refractivity contribution in [3.63, 3.8) is 0 Å². The minimum absolute atomic E-state index is 0.195. The molecule has 0 saturated heterocycles. The molecule has 10 heavy (non-hydrogen) atoms. The molecule has 60 valence electrons. The van der Waals surface area contributed by atoms with E-state index in [4.69, 9.17) is 5.11 Å². The van der Waals surface area contributed by atoms with E-state index in [0.717, 1.165) is 19.0 Å². The normalized spacial score (nSPS) is 21.0. The zero-order chi connectivity index (χ0) is 7.40. The Kier molecular flexibility index (Phi) is 3.16. The third-order valence-electron chi connectivity index (χ3n) is 1.87. The van der Waals surface area contributed by atoms with Gasteiger partial charge in [0.2, 0.25) is 0 Å². The summed E-state index contributed by atoms with van der Waals surface area (Å²) < 4.78 is 0. The van der Waals surface area contributed by atoms with Crippen LogP contribution in [0.3, 0.4) is 0 Å². The van der Waals surface area contributed by atoms with Gasteiger partial charge in [-0.2, -0.15) is 0 Å². The molecule has 1 aliphatic rings. The number of hydrogen-bond acceptors (Lipinski definition) is 2. The lowest BCUT2D eigenvalue weighted by Crippen LogP contribution is -2.25. The fraction of sp³-hybridized carbons (Fsp3) is 1.00. The molecule has 1 atom stereocenters. The van der Waals surface area contributed by atoms with Crippen LogP contribution in [-0.4, -0.2) is 24.3 Å². The molecule has 0 amide bonds. The van der Waals surface area contributed by atoms with Crippen molar-refractivity contribution >= 4 is 0 Å². The summed E-state index contributed by atoms with van der Waals surface area (Å²) >= 11 is 0. The summed E-state index contributed by atoms with van der Waals surface area (Å²) in [7, 11) is 0. The van der Waals surface area contributed by atoms with Crippen LogP contribution in [-0.2, 0) is 0 Å². The fourth-order valence-electron chi connectivity index (χ4n) is 1.02. The molecule has 0 aromatic carbocycles. The Bertz CT molecular complexity index is 85.3. The van der Waals surface area contributed by atoms with Gasteiger partial charge in [-0.25, -0.2) is 0 Å². The van der Waals surface area contributed by atoms with E-state index in [9.17, 15) is 0 Å². The Labute approximate surface area is 62.6 Å². The molecule has 1 saturated carbocycles. The molecule has 0 bridgehead atoms. The van der Waals surface area contributed by atoms with Crippen molar-refractivity contribution in [1.29, 1.82) is 0 Å². The van der Waals surface area contributed by atoms with Crippen molar-refractivity contribution in [3.8, 4) is 0 Å². The number of aliphatic hydroxyl groups excluding tert-OH is 1. The predicted octanol–water partition coefficient (Wildman–Crippen LogP) is 0.757. The molecule has 1 unspecified atom stereocenters. The zero-order valence-electron chi connectivity index (χ0n) is 6.64. The highest BCUT2D eigenvalue weighted by Gasteiger charge is 2.19. The molecule has 0 aliphatic heterocycles. The van der Waals surface area contributed by atoms with Gasteiger partial charge in [0.15, 0.2) is 0 Å². The fourth-order valence-corrected chi connectivity index (χ4v) is 1.02. The Hall–Kier alpha value is -0.0800. The van der Waals surface area contributed by atoms with E-state index in [1.807, 2.05) is 6.92 Å². The molecule has 0 aromatic heterocycles. The summed E-state index contributed by atoms with van der Waals surface area (Å²) in [4.78, 5) is 0. The third-order valence-corrected chi connectivity index (χ3v) is 1.87. The van der Waals surface area contributed by atoms with E-state index >= 15 is 0 Å². The van der Waals surface area contributed by atoms with Crippen LogP contribution in [0.5, 0.6) is 0 Å². The van der Waals surface area contributed by atoms with Crippen LogP contribution < -0.4 is 5.32 Å². The molecule has 0 aromatic rings. The Morgan fingerprint density at radius 3 is 2.80 bits per heavy atom. The van der Waals surface area contributed by atoms with E-state index in [0.29, 0.717) is 0 Å². The van der Waals surface area contributed by atoms with Gasteiger partial charge < -0.3 is 10.4 Å². The minimum atomic E-state index is -0.195. The standard InChI is InChI=1S/C8H17NO/c1-7(10)6-9-5-4-8-2-3-8/h7-10H,2-6H2,1H3. The highest BCUT2D eigenvalue weighted by Crippen LogP contribution is 2.31. The Balaban J connectivity index is 1.76. The van der Waals surface area contributed by atoms with Gasteiger partial charge in [0.25, 0.3) is 0 Å². The second-order valence-electron chi connectivity index (χ2n) is 3.29. The molecule has 0 radical (unpaired) electrons. The van der Waals surface area contributed by atoms with Crippen molar-refractivity contribution in [1.82, 2.24) is 5.32 Å². The minimum Gasteiger partial charge on any atom is -0.392 e. The number of rotatable bonds is 5. The van der Waals surface area contributed by atoms with Gasteiger partial charge in [-0.3, -0.25) is 0 Å². The molecule has 0 heterocycles. The zero-order valence-corrected chi connectivity index (χ0v) is 6.64. The van der Waals surface area contributed by atoms with Crippen molar-refractivity contribution < 1.29 is 5.11 Å². The van der Waals surface area contributed by atoms with Crippen molar-refractivity contribution in [2.45, 2.75) is 32.3 Å². The summed E-state index contributed by atoms with van der Waals surface area (Å²) in [5, 5.41) is 12.1. The molecular weight excluding hydrogens is 126 g/mol. The van der Waals surface area contributed by atoms with Gasteiger partial charge in [0.1, 0.15) is 0 Å². The molecule has 1 rings (SSSR count). The maximum Gasteiger partial charge on any atom is 0.0636 e. The lowest BCUT2D eigenvalue weighted by Gasteiger charge is -2.05. The average molecular weight is 143 g/mol. The molecule has 1 aliphatic carbocycles. The number of aliphatic hydroxyl groups is 1. The molecule has 2 nitrogen and oxygen atoms in total. The Morgan fingerprint density at radius 1 is 1.60 bits per heavy atom. The lowest BCUT2D eigenvalue weighted by atomic mass is 10.3. The van der Waals surface area contributed by atoms with Crippen LogP contribution in [0.15, 0.2) is 0 Å². The second-order valence-corrected chi connectivity index (χ2v) is 3.29. The van der Waals surface area contributed by atoms with Crippen LogP contribution in [0.25, 0.3) is 0 Å². The summed E-state index contributed by atoms with van der Waals surface area (Å²) in [5.41, 5.74) is 0. The van der Waals surface area contributed by atoms with Crippen molar-refractivity contribution in [3.05, 3.63) is 0 Å².